The van der Waals surface area contributed by atoms with E-state index in [2.05, 4.69) is 33.5 Å². The number of nitrogens with one attached hydrogen (secondary N) is 1. The van der Waals surface area contributed by atoms with E-state index in [9.17, 15) is 8.42 Å². The summed E-state index contributed by atoms with van der Waals surface area (Å²) in [6, 6.07) is 9.31. The fourth-order valence-electron chi connectivity index (χ4n) is 2.34. The Balaban J connectivity index is 2.50. The van der Waals surface area contributed by atoms with Crippen LogP contribution in [0.1, 0.15) is 25.3 Å². The molecule has 3 N–H and O–H groups in total. The second kappa shape index (κ2) is 8.29. The van der Waals surface area contributed by atoms with Crippen LogP contribution in [0.25, 0.3) is 11.3 Å². The Morgan fingerprint density at radius 1 is 1.31 bits per heavy atom. The molecular formula is C17H20ClN5O2S. The lowest BCUT2D eigenvalue weighted by atomic mass is 9.95. The van der Waals surface area contributed by atoms with Crippen LogP contribution in [0.2, 0.25) is 5.15 Å². The lowest BCUT2D eigenvalue weighted by Crippen LogP contribution is -2.19. The van der Waals surface area contributed by atoms with Crippen molar-refractivity contribution >= 4 is 33.8 Å². The third-order valence-electron chi connectivity index (χ3n) is 3.51. The number of hydrogen-bond acceptors (Lipinski definition) is 6. The quantitative estimate of drug-likeness (QED) is 0.578. The molecule has 1 aromatic carbocycles. The van der Waals surface area contributed by atoms with Gasteiger partial charge in [-0.15, -0.1) is 0 Å². The number of rotatable bonds is 6. The van der Waals surface area contributed by atoms with E-state index >= 15 is 0 Å². The second-order valence-corrected chi connectivity index (χ2v) is 7.77. The van der Waals surface area contributed by atoms with Gasteiger partial charge in [-0.3, -0.25) is 4.99 Å². The standard InChI is InChI=1S/C17H20ClN5O2S/c1-11(2)13-6-4-5-7-14(13)15-8-16(18)22-17(21-15)23-26(24,25)12(9-19)10-20-3/h4-11H,19H2,1-3H3,(H,21,22,23). The van der Waals surface area contributed by atoms with Crippen LogP contribution in [-0.4, -0.2) is 31.6 Å². The van der Waals surface area contributed by atoms with E-state index in [1.165, 1.54) is 7.05 Å². The van der Waals surface area contributed by atoms with Gasteiger partial charge in [0, 0.05) is 31.1 Å². The van der Waals surface area contributed by atoms with Crippen LogP contribution in [-0.2, 0) is 10.0 Å². The molecule has 26 heavy (non-hydrogen) atoms. The minimum absolute atomic E-state index is 0.119. The van der Waals surface area contributed by atoms with Crippen LogP contribution in [0.3, 0.4) is 0 Å². The first-order valence-corrected chi connectivity index (χ1v) is 9.65. The minimum atomic E-state index is -3.98. The lowest BCUT2D eigenvalue weighted by Gasteiger charge is -2.13. The summed E-state index contributed by atoms with van der Waals surface area (Å²) >= 11 is 6.08. The van der Waals surface area contributed by atoms with E-state index in [1.807, 2.05) is 24.3 Å². The largest absolute Gasteiger partial charge is 0.403 e. The smallest absolute Gasteiger partial charge is 0.267 e. The summed E-state index contributed by atoms with van der Waals surface area (Å²) in [6.45, 7) is 4.13. The highest BCUT2D eigenvalue weighted by Crippen LogP contribution is 2.29. The lowest BCUT2D eigenvalue weighted by molar-refractivity contribution is 0.608. The summed E-state index contributed by atoms with van der Waals surface area (Å²) in [4.78, 5) is 11.7. The summed E-state index contributed by atoms with van der Waals surface area (Å²) < 4.78 is 27.0. The normalized spacial score (nSPS) is 12.7. The van der Waals surface area contributed by atoms with Gasteiger partial charge in [0.2, 0.25) is 5.95 Å². The highest BCUT2D eigenvalue weighted by atomic mass is 35.5. The summed E-state index contributed by atoms with van der Waals surface area (Å²) in [5.41, 5.74) is 7.81. The molecule has 1 heterocycles. The number of benzene rings is 1. The van der Waals surface area contributed by atoms with Crippen molar-refractivity contribution in [2.24, 2.45) is 10.7 Å². The van der Waals surface area contributed by atoms with Gasteiger partial charge in [0.05, 0.1) is 5.69 Å². The van der Waals surface area contributed by atoms with Crippen LogP contribution in [0.4, 0.5) is 5.95 Å². The first kappa shape index (κ1) is 19.9. The molecule has 0 aliphatic rings. The Morgan fingerprint density at radius 2 is 2.00 bits per heavy atom. The second-order valence-electron chi connectivity index (χ2n) is 5.70. The highest BCUT2D eigenvalue weighted by molar-refractivity contribution is 7.97. The van der Waals surface area contributed by atoms with Gasteiger partial charge in [0.1, 0.15) is 10.1 Å². The molecule has 0 spiro atoms. The third kappa shape index (κ3) is 4.59. The van der Waals surface area contributed by atoms with Gasteiger partial charge in [-0.1, -0.05) is 49.7 Å². The van der Waals surface area contributed by atoms with Crippen molar-refractivity contribution in [2.75, 3.05) is 11.8 Å². The first-order valence-electron chi connectivity index (χ1n) is 7.79. The van der Waals surface area contributed by atoms with Gasteiger partial charge in [-0.05, 0) is 11.5 Å². The van der Waals surface area contributed by atoms with Gasteiger partial charge in [0.25, 0.3) is 10.0 Å². The molecule has 1 aromatic heterocycles. The Bertz CT molecular complexity index is 955. The molecule has 0 aliphatic carbocycles. The highest BCUT2D eigenvalue weighted by Gasteiger charge is 2.19. The average molecular weight is 394 g/mol. The first-order chi connectivity index (χ1) is 12.3. The predicted molar refractivity (Wildman–Crippen MR) is 106 cm³/mol. The number of aromatic nitrogens is 2. The summed E-state index contributed by atoms with van der Waals surface area (Å²) in [5, 5.41) is 0.119. The Morgan fingerprint density at radius 3 is 2.62 bits per heavy atom. The Kier molecular flexibility index (Phi) is 6.33. The maximum Gasteiger partial charge on any atom is 0.267 e. The minimum Gasteiger partial charge on any atom is -0.403 e. The molecule has 0 aliphatic heterocycles. The van der Waals surface area contributed by atoms with Gasteiger partial charge in [0.15, 0.2) is 0 Å². The SMILES string of the molecule is CN=CC(=CN)S(=O)(=O)Nc1nc(Cl)cc(-c2ccccc2C(C)C)n1. The molecule has 0 saturated carbocycles. The van der Waals surface area contributed by atoms with Crippen LogP contribution in [0.5, 0.6) is 0 Å². The van der Waals surface area contributed by atoms with Crippen molar-refractivity contribution in [1.29, 1.82) is 0 Å². The van der Waals surface area contributed by atoms with Crippen molar-refractivity contribution in [3.8, 4) is 11.3 Å². The number of halogens is 1. The zero-order valence-corrected chi connectivity index (χ0v) is 16.2. The topological polar surface area (TPSA) is 110 Å². The van der Waals surface area contributed by atoms with E-state index in [4.69, 9.17) is 17.3 Å². The monoisotopic (exact) mass is 393 g/mol. The average Bonchev–Trinajstić information content (AvgIpc) is 2.58. The zero-order valence-electron chi connectivity index (χ0n) is 14.6. The molecule has 0 radical (unpaired) electrons. The molecule has 2 aromatic rings. The fourth-order valence-corrected chi connectivity index (χ4v) is 3.40. The van der Waals surface area contributed by atoms with E-state index < -0.39 is 10.0 Å². The van der Waals surface area contributed by atoms with E-state index in [-0.39, 0.29) is 21.9 Å². The third-order valence-corrected chi connectivity index (χ3v) is 5.02. The number of aliphatic imine (C=N–C) groups is 1. The van der Waals surface area contributed by atoms with Crippen molar-refractivity contribution < 1.29 is 8.42 Å². The number of nitrogens with two attached hydrogens (primary N) is 1. The number of nitrogens with zero attached hydrogens (tertiary/aromatic N) is 3. The van der Waals surface area contributed by atoms with E-state index in [0.29, 0.717) is 5.69 Å². The van der Waals surface area contributed by atoms with Gasteiger partial charge in [-0.25, -0.2) is 23.1 Å². The van der Waals surface area contributed by atoms with Crippen LogP contribution in [0.15, 0.2) is 46.4 Å². The molecule has 0 unspecified atom stereocenters. The molecular weight excluding hydrogens is 374 g/mol. The number of sulfonamides is 1. The summed E-state index contributed by atoms with van der Waals surface area (Å²) in [5.74, 6) is 0.113. The maximum atomic E-state index is 12.4. The molecule has 0 fully saturated rings. The van der Waals surface area contributed by atoms with Crippen molar-refractivity contribution in [3.63, 3.8) is 0 Å². The molecule has 0 amide bonds. The van der Waals surface area contributed by atoms with Crippen LogP contribution in [0, 0.1) is 0 Å². The number of allylic oxidation sites excluding steroid dienone is 1. The van der Waals surface area contributed by atoms with E-state index in [0.717, 1.165) is 23.5 Å². The number of hydrogen-bond donors (Lipinski definition) is 2. The summed E-state index contributed by atoms with van der Waals surface area (Å²) in [6.07, 6.45) is 2.07. The molecule has 0 saturated heterocycles. The number of anilines is 1. The van der Waals surface area contributed by atoms with Crippen LogP contribution < -0.4 is 10.5 Å². The van der Waals surface area contributed by atoms with Crippen molar-refractivity contribution in [3.05, 3.63) is 52.2 Å². The maximum absolute atomic E-state index is 12.4. The van der Waals surface area contributed by atoms with Gasteiger partial charge < -0.3 is 5.73 Å². The molecule has 7 nitrogen and oxygen atoms in total. The van der Waals surface area contributed by atoms with Crippen molar-refractivity contribution in [2.45, 2.75) is 19.8 Å². The molecule has 0 atom stereocenters. The molecule has 0 bridgehead atoms. The Hall–Kier alpha value is -2.45. The van der Waals surface area contributed by atoms with Gasteiger partial charge >= 0.3 is 0 Å². The van der Waals surface area contributed by atoms with E-state index in [1.54, 1.807) is 6.07 Å². The molecule has 138 valence electrons. The predicted octanol–water partition coefficient (Wildman–Crippen LogP) is 3.16. The zero-order chi connectivity index (χ0) is 19.3. The van der Waals surface area contributed by atoms with Crippen LogP contribution >= 0.6 is 11.6 Å². The fraction of sp³-hybridized carbons (Fsp3) is 0.235. The van der Waals surface area contributed by atoms with Crippen molar-refractivity contribution in [1.82, 2.24) is 9.97 Å². The summed E-state index contributed by atoms with van der Waals surface area (Å²) in [7, 11) is -2.54. The van der Waals surface area contributed by atoms with Gasteiger partial charge in [-0.2, -0.15) is 0 Å². The molecule has 9 heteroatoms. The molecule has 2 rings (SSSR count). The Labute approximate surface area is 158 Å².